The van der Waals surface area contributed by atoms with Crippen LogP contribution in [0.1, 0.15) is 35.7 Å². The fourth-order valence-corrected chi connectivity index (χ4v) is 3.51. The van der Waals surface area contributed by atoms with Gasteiger partial charge in [0.05, 0.1) is 11.8 Å². The standard InChI is InChI=1S/C10H16N2O4S2/c1-7-6-11-10(17-7)8(2)12-18(15,16)5-3-4-9(13)14/h6,8,12H,3-5H2,1-2H3,(H,13,14). The van der Waals surface area contributed by atoms with Crippen molar-refractivity contribution in [3.63, 3.8) is 0 Å². The smallest absolute Gasteiger partial charge is 0.303 e. The van der Waals surface area contributed by atoms with Gasteiger partial charge in [0.2, 0.25) is 10.0 Å². The Balaban J connectivity index is 2.52. The Morgan fingerprint density at radius 2 is 2.28 bits per heavy atom. The molecule has 8 heteroatoms. The number of thiazole rings is 1. The van der Waals surface area contributed by atoms with E-state index >= 15 is 0 Å². The van der Waals surface area contributed by atoms with Gasteiger partial charge in [-0.25, -0.2) is 18.1 Å². The summed E-state index contributed by atoms with van der Waals surface area (Å²) >= 11 is 1.43. The van der Waals surface area contributed by atoms with Crippen molar-refractivity contribution in [3.05, 3.63) is 16.1 Å². The molecule has 2 N–H and O–H groups in total. The van der Waals surface area contributed by atoms with E-state index in [9.17, 15) is 13.2 Å². The molecule has 0 saturated carbocycles. The third kappa shape index (κ3) is 5.11. The molecule has 0 aliphatic rings. The molecule has 1 aromatic rings. The van der Waals surface area contributed by atoms with E-state index in [4.69, 9.17) is 5.11 Å². The van der Waals surface area contributed by atoms with Gasteiger partial charge in [0.15, 0.2) is 0 Å². The summed E-state index contributed by atoms with van der Waals surface area (Å²) in [5.74, 6) is -1.18. The average Bonchev–Trinajstić information content (AvgIpc) is 2.63. The summed E-state index contributed by atoms with van der Waals surface area (Å²) < 4.78 is 25.8. The second-order valence-corrected chi connectivity index (χ2v) is 7.10. The molecule has 102 valence electrons. The van der Waals surface area contributed by atoms with Gasteiger partial charge in [-0.1, -0.05) is 0 Å². The number of nitrogens with one attached hydrogen (secondary N) is 1. The molecule has 0 bridgehead atoms. The molecule has 1 rings (SSSR count). The maximum absolute atomic E-state index is 11.7. The van der Waals surface area contributed by atoms with E-state index in [-0.39, 0.29) is 18.6 Å². The number of carboxylic acid groups (broad SMARTS) is 1. The first-order chi connectivity index (χ1) is 8.30. The zero-order valence-corrected chi connectivity index (χ0v) is 11.8. The summed E-state index contributed by atoms with van der Waals surface area (Å²) in [6, 6.07) is -0.390. The van der Waals surface area contributed by atoms with Gasteiger partial charge in [0.25, 0.3) is 0 Å². The van der Waals surface area contributed by atoms with Crippen LogP contribution < -0.4 is 4.72 Å². The van der Waals surface area contributed by atoms with Crippen molar-refractivity contribution in [2.24, 2.45) is 0 Å². The molecule has 1 atom stereocenters. The van der Waals surface area contributed by atoms with Crippen molar-refractivity contribution in [1.82, 2.24) is 9.71 Å². The fraction of sp³-hybridized carbons (Fsp3) is 0.600. The SMILES string of the molecule is Cc1cnc(C(C)NS(=O)(=O)CCCC(=O)O)s1. The lowest BCUT2D eigenvalue weighted by molar-refractivity contribution is -0.137. The zero-order chi connectivity index (χ0) is 13.8. The Morgan fingerprint density at radius 1 is 1.61 bits per heavy atom. The van der Waals surface area contributed by atoms with Crippen LogP contribution >= 0.6 is 11.3 Å². The maximum Gasteiger partial charge on any atom is 0.303 e. The maximum atomic E-state index is 11.7. The van der Waals surface area contributed by atoms with E-state index in [0.717, 1.165) is 4.88 Å². The Bertz CT molecular complexity index is 510. The quantitative estimate of drug-likeness (QED) is 0.789. The Labute approximate surface area is 110 Å². The molecular formula is C10H16N2O4S2. The van der Waals surface area contributed by atoms with Crippen LogP contribution in [0.25, 0.3) is 0 Å². The number of sulfonamides is 1. The number of aliphatic carboxylic acids is 1. The fourth-order valence-electron chi connectivity index (χ4n) is 1.36. The highest BCUT2D eigenvalue weighted by Gasteiger charge is 2.18. The number of carbonyl (C=O) groups is 1. The first-order valence-electron chi connectivity index (χ1n) is 5.44. The van der Waals surface area contributed by atoms with Crippen LogP contribution in [0, 0.1) is 6.92 Å². The van der Waals surface area contributed by atoms with Gasteiger partial charge >= 0.3 is 5.97 Å². The zero-order valence-electron chi connectivity index (χ0n) is 10.2. The molecule has 18 heavy (non-hydrogen) atoms. The van der Waals surface area contributed by atoms with Gasteiger partial charge in [-0.15, -0.1) is 11.3 Å². The van der Waals surface area contributed by atoms with Crippen LogP contribution in [0.15, 0.2) is 6.20 Å². The van der Waals surface area contributed by atoms with E-state index < -0.39 is 22.0 Å². The molecule has 0 aromatic carbocycles. The number of aryl methyl sites for hydroxylation is 1. The van der Waals surface area contributed by atoms with Gasteiger partial charge in [-0.05, 0) is 20.3 Å². The normalized spacial score (nSPS) is 13.4. The molecule has 1 aromatic heterocycles. The summed E-state index contributed by atoms with van der Waals surface area (Å²) in [6.07, 6.45) is 1.65. The highest BCUT2D eigenvalue weighted by Crippen LogP contribution is 2.19. The van der Waals surface area contributed by atoms with Crippen LogP contribution in [-0.4, -0.2) is 30.2 Å². The van der Waals surface area contributed by atoms with Crippen molar-refractivity contribution in [1.29, 1.82) is 0 Å². The number of aromatic nitrogens is 1. The topological polar surface area (TPSA) is 96.4 Å². The van der Waals surface area contributed by atoms with Crippen LogP contribution in [0.2, 0.25) is 0 Å². The average molecular weight is 292 g/mol. The molecule has 0 aliphatic carbocycles. The molecule has 0 amide bonds. The lowest BCUT2D eigenvalue weighted by atomic mass is 10.3. The van der Waals surface area contributed by atoms with E-state index in [1.54, 1.807) is 13.1 Å². The summed E-state index contributed by atoms with van der Waals surface area (Å²) in [5, 5.41) is 9.15. The minimum absolute atomic E-state index is 0.105. The molecule has 0 fully saturated rings. The van der Waals surface area contributed by atoms with Crippen molar-refractivity contribution in [2.75, 3.05) is 5.75 Å². The van der Waals surface area contributed by atoms with Crippen molar-refractivity contribution in [2.45, 2.75) is 32.7 Å². The largest absolute Gasteiger partial charge is 0.481 e. The van der Waals surface area contributed by atoms with Crippen LogP contribution in [0.4, 0.5) is 0 Å². The first kappa shape index (κ1) is 15.1. The third-order valence-corrected chi connectivity index (χ3v) is 4.80. The number of carboxylic acids is 1. The number of nitrogens with zero attached hydrogens (tertiary/aromatic N) is 1. The van der Waals surface area contributed by atoms with Crippen LogP contribution in [0.3, 0.4) is 0 Å². The highest BCUT2D eigenvalue weighted by molar-refractivity contribution is 7.89. The molecule has 0 spiro atoms. The van der Waals surface area contributed by atoms with Gasteiger partial charge in [0, 0.05) is 17.5 Å². The molecule has 6 nitrogen and oxygen atoms in total. The number of hydrogen-bond donors (Lipinski definition) is 2. The second kappa shape index (κ2) is 6.26. The van der Waals surface area contributed by atoms with Crippen molar-refractivity contribution in [3.8, 4) is 0 Å². The third-order valence-electron chi connectivity index (χ3n) is 2.17. The predicted octanol–water partition coefficient (Wildman–Crippen LogP) is 1.30. The molecule has 0 radical (unpaired) electrons. The molecule has 0 saturated heterocycles. The van der Waals surface area contributed by atoms with E-state index in [1.807, 2.05) is 6.92 Å². The molecule has 0 aliphatic heterocycles. The minimum atomic E-state index is -3.46. The van der Waals surface area contributed by atoms with E-state index in [0.29, 0.717) is 5.01 Å². The first-order valence-corrected chi connectivity index (χ1v) is 7.91. The molecular weight excluding hydrogens is 276 g/mol. The van der Waals surface area contributed by atoms with Gasteiger partial charge in [-0.2, -0.15) is 0 Å². The van der Waals surface area contributed by atoms with Gasteiger partial charge in [-0.3, -0.25) is 4.79 Å². The van der Waals surface area contributed by atoms with Gasteiger partial charge in [0.1, 0.15) is 5.01 Å². The highest BCUT2D eigenvalue weighted by atomic mass is 32.2. The van der Waals surface area contributed by atoms with Crippen molar-refractivity contribution < 1.29 is 18.3 Å². The molecule has 1 unspecified atom stereocenters. The Kier molecular flexibility index (Phi) is 5.24. The Morgan fingerprint density at radius 3 is 2.78 bits per heavy atom. The van der Waals surface area contributed by atoms with Gasteiger partial charge < -0.3 is 5.11 Å². The lowest BCUT2D eigenvalue weighted by Crippen LogP contribution is -2.29. The predicted molar refractivity (Wildman–Crippen MR) is 69.1 cm³/mol. The summed E-state index contributed by atoms with van der Waals surface area (Å²) in [6.45, 7) is 3.61. The summed E-state index contributed by atoms with van der Waals surface area (Å²) in [4.78, 5) is 15.4. The molecule has 1 heterocycles. The van der Waals surface area contributed by atoms with Crippen LogP contribution in [-0.2, 0) is 14.8 Å². The second-order valence-electron chi connectivity index (χ2n) is 3.96. The monoisotopic (exact) mass is 292 g/mol. The summed E-state index contributed by atoms with van der Waals surface area (Å²) in [5.41, 5.74) is 0. The van der Waals surface area contributed by atoms with Crippen LogP contribution in [0.5, 0.6) is 0 Å². The number of rotatable bonds is 7. The Hall–Kier alpha value is -0.990. The van der Waals surface area contributed by atoms with E-state index in [2.05, 4.69) is 9.71 Å². The van der Waals surface area contributed by atoms with E-state index in [1.165, 1.54) is 11.3 Å². The summed E-state index contributed by atoms with van der Waals surface area (Å²) in [7, 11) is -3.46. The minimum Gasteiger partial charge on any atom is -0.481 e. The lowest BCUT2D eigenvalue weighted by Gasteiger charge is -2.11. The number of hydrogen-bond acceptors (Lipinski definition) is 5. The van der Waals surface area contributed by atoms with Crippen molar-refractivity contribution >= 4 is 27.3 Å².